The van der Waals surface area contributed by atoms with Gasteiger partial charge in [0.15, 0.2) is 0 Å². The number of carbonyl (C=O) groups is 1. The average molecular weight is 344 g/mol. The van der Waals surface area contributed by atoms with Gasteiger partial charge in [-0.3, -0.25) is 0 Å². The molecule has 0 aliphatic rings. The number of benzene rings is 2. The molecule has 0 aliphatic heterocycles. The van der Waals surface area contributed by atoms with Crippen LogP contribution in [0.2, 0.25) is 5.02 Å². The summed E-state index contributed by atoms with van der Waals surface area (Å²) in [6, 6.07) is 8.99. The maximum Gasteiger partial charge on any atom is 0.340 e. The summed E-state index contributed by atoms with van der Waals surface area (Å²) < 4.78 is 40.6. The summed E-state index contributed by atoms with van der Waals surface area (Å²) in [7, 11) is -3.96. The van der Waals surface area contributed by atoms with Gasteiger partial charge in [0.05, 0.1) is 15.5 Å². The van der Waals surface area contributed by atoms with Crippen molar-refractivity contribution < 1.29 is 22.3 Å². The second kappa shape index (κ2) is 6.43. The van der Waals surface area contributed by atoms with Crippen LogP contribution in [-0.2, 0) is 21.4 Å². The number of hydrogen-bond donors (Lipinski definition) is 1. The molecule has 0 radical (unpaired) electrons. The van der Waals surface area contributed by atoms with Crippen molar-refractivity contribution in [3.63, 3.8) is 0 Å². The predicted molar refractivity (Wildman–Crippen MR) is 78.3 cm³/mol. The fraction of sp³-hybridized carbons (Fsp3) is 0.0714. The van der Waals surface area contributed by atoms with Crippen molar-refractivity contribution >= 4 is 27.6 Å². The zero-order chi connectivity index (χ0) is 16.3. The Morgan fingerprint density at radius 3 is 2.59 bits per heavy atom. The van der Waals surface area contributed by atoms with Gasteiger partial charge in [-0.2, -0.15) is 0 Å². The number of primary sulfonamides is 1. The van der Waals surface area contributed by atoms with Crippen molar-refractivity contribution in [1.82, 2.24) is 0 Å². The van der Waals surface area contributed by atoms with Gasteiger partial charge in [-0.05, 0) is 35.9 Å². The van der Waals surface area contributed by atoms with Gasteiger partial charge in [-0.25, -0.2) is 22.7 Å². The normalized spacial score (nSPS) is 11.2. The number of esters is 1. The lowest BCUT2D eigenvalue weighted by Gasteiger charge is -2.08. The molecular formula is C14H11ClFNO4S. The van der Waals surface area contributed by atoms with Crippen LogP contribution in [0.5, 0.6) is 0 Å². The Hall–Kier alpha value is -1.96. The van der Waals surface area contributed by atoms with E-state index in [1.807, 2.05) is 0 Å². The van der Waals surface area contributed by atoms with Crippen LogP contribution >= 0.6 is 11.6 Å². The molecule has 116 valence electrons. The van der Waals surface area contributed by atoms with Gasteiger partial charge in [0.1, 0.15) is 12.4 Å². The number of nitrogens with two attached hydrogens (primary N) is 1. The largest absolute Gasteiger partial charge is 0.457 e. The molecule has 0 spiro atoms. The van der Waals surface area contributed by atoms with E-state index in [1.165, 1.54) is 30.3 Å². The lowest BCUT2D eigenvalue weighted by molar-refractivity contribution is 0.0472. The molecule has 2 N–H and O–H groups in total. The summed E-state index contributed by atoms with van der Waals surface area (Å²) in [5.41, 5.74) is 0.316. The third-order valence-electron chi connectivity index (χ3n) is 2.75. The fourth-order valence-electron chi connectivity index (χ4n) is 1.69. The highest BCUT2D eigenvalue weighted by Crippen LogP contribution is 2.21. The topological polar surface area (TPSA) is 86.5 Å². The smallest absolute Gasteiger partial charge is 0.340 e. The molecule has 0 aliphatic carbocycles. The average Bonchev–Trinajstić information content (AvgIpc) is 2.44. The zero-order valence-corrected chi connectivity index (χ0v) is 12.7. The number of halogens is 2. The van der Waals surface area contributed by atoms with E-state index in [0.29, 0.717) is 5.56 Å². The summed E-state index contributed by atoms with van der Waals surface area (Å²) in [4.78, 5) is 11.7. The van der Waals surface area contributed by atoms with E-state index in [9.17, 15) is 17.6 Å². The molecule has 0 unspecified atom stereocenters. The minimum atomic E-state index is -3.96. The van der Waals surface area contributed by atoms with E-state index in [1.54, 1.807) is 6.07 Å². The molecule has 22 heavy (non-hydrogen) atoms. The first kappa shape index (κ1) is 16.4. The monoisotopic (exact) mass is 343 g/mol. The van der Waals surface area contributed by atoms with Crippen LogP contribution < -0.4 is 5.14 Å². The van der Waals surface area contributed by atoms with Crippen molar-refractivity contribution in [2.75, 3.05) is 0 Å². The van der Waals surface area contributed by atoms with Crippen LogP contribution in [0, 0.1) is 5.82 Å². The standard InChI is InChI=1S/C14H11ClFNO4S/c15-13-5-4-11(22(17,19)20)7-12(13)14(18)21-8-9-2-1-3-10(16)6-9/h1-7H,8H2,(H2,17,19,20). The third-order valence-corrected chi connectivity index (χ3v) is 3.99. The van der Waals surface area contributed by atoms with Crippen LogP contribution in [0.25, 0.3) is 0 Å². The molecule has 2 aromatic carbocycles. The number of sulfonamides is 1. The second-order valence-corrected chi connectivity index (χ2v) is 6.36. The second-order valence-electron chi connectivity index (χ2n) is 4.39. The van der Waals surface area contributed by atoms with Gasteiger partial charge in [0, 0.05) is 0 Å². The molecule has 0 aromatic heterocycles. The Morgan fingerprint density at radius 2 is 1.95 bits per heavy atom. The molecule has 0 atom stereocenters. The minimum Gasteiger partial charge on any atom is -0.457 e. The van der Waals surface area contributed by atoms with Gasteiger partial charge < -0.3 is 4.74 Å². The molecule has 5 nitrogen and oxygen atoms in total. The van der Waals surface area contributed by atoms with Crippen LogP contribution in [0.1, 0.15) is 15.9 Å². The number of hydrogen-bond acceptors (Lipinski definition) is 4. The first-order chi connectivity index (χ1) is 10.3. The molecule has 0 saturated carbocycles. The lowest BCUT2D eigenvalue weighted by Crippen LogP contribution is -2.14. The SMILES string of the molecule is NS(=O)(=O)c1ccc(Cl)c(C(=O)OCc2cccc(F)c2)c1. The molecule has 0 fully saturated rings. The molecular weight excluding hydrogens is 333 g/mol. The quantitative estimate of drug-likeness (QED) is 0.864. The van der Waals surface area contributed by atoms with Gasteiger partial charge in [-0.1, -0.05) is 23.7 Å². The Balaban J connectivity index is 2.19. The minimum absolute atomic E-state index is 0.0247. The molecule has 0 amide bonds. The van der Waals surface area contributed by atoms with Crippen molar-refractivity contribution in [2.24, 2.45) is 5.14 Å². The Morgan fingerprint density at radius 1 is 1.23 bits per heavy atom. The van der Waals surface area contributed by atoms with Gasteiger partial charge in [0.25, 0.3) is 0 Å². The Labute approximate surface area is 131 Å². The first-order valence-corrected chi connectivity index (χ1v) is 7.94. The summed E-state index contributed by atoms with van der Waals surface area (Å²) in [5, 5.41) is 5.02. The van der Waals surface area contributed by atoms with Crippen molar-refractivity contribution in [1.29, 1.82) is 0 Å². The summed E-state index contributed by atoms with van der Waals surface area (Å²) in [6.45, 7) is -0.174. The number of carbonyl (C=O) groups excluding carboxylic acids is 1. The number of rotatable bonds is 4. The number of ether oxygens (including phenoxy) is 1. The van der Waals surface area contributed by atoms with E-state index in [4.69, 9.17) is 21.5 Å². The van der Waals surface area contributed by atoms with Crippen LogP contribution in [0.4, 0.5) is 4.39 Å². The van der Waals surface area contributed by atoms with Crippen LogP contribution in [0.15, 0.2) is 47.4 Å². The molecule has 0 saturated heterocycles. The lowest BCUT2D eigenvalue weighted by atomic mass is 10.2. The van der Waals surface area contributed by atoms with Gasteiger partial charge >= 0.3 is 5.97 Å². The maximum absolute atomic E-state index is 13.0. The predicted octanol–water partition coefficient (Wildman–Crippen LogP) is 2.48. The first-order valence-electron chi connectivity index (χ1n) is 6.01. The van der Waals surface area contributed by atoms with E-state index < -0.39 is 21.8 Å². The van der Waals surface area contributed by atoms with Crippen molar-refractivity contribution in [3.8, 4) is 0 Å². The summed E-state index contributed by atoms with van der Waals surface area (Å²) >= 11 is 5.85. The van der Waals surface area contributed by atoms with Crippen LogP contribution in [-0.4, -0.2) is 14.4 Å². The molecule has 0 bridgehead atoms. The van der Waals surface area contributed by atoms with Crippen LogP contribution in [0.3, 0.4) is 0 Å². The van der Waals surface area contributed by atoms with Gasteiger partial charge in [-0.15, -0.1) is 0 Å². The summed E-state index contributed by atoms with van der Waals surface area (Å²) in [6.07, 6.45) is 0. The molecule has 0 heterocycles. The highest BCUT2D eigenvalue weighted by Gasteiger charge is 2.17. The Kier molecular flexibility index (Phi) is 4.80. The van der Waals surface area contributed by atoms with Gasteiger partial charge in [0.2, 0.25) is 10.0 Å². The van der Waals surface area contributed by atoms with E-state index in [0.717, 1.165) is 6.07 Å². The Bertz CT molecular complexity index is 823. The third kappa shape index (κ3) is 4.03. The maximum atomic E-state index is 13.0. The van der Waals surface area contributed by atoms with Crippen molar-refractivity contribution in [2.45, 2.75) is 11.5 Å². The molecule has 2 aromatic rings. The van der Waals surface area contributed by atoms with E-state index >= 15 is 0 Å². The fourth-order valence-corrected chi connectivity index (χ4v) is 2.43. The van der Waals surface area contributed by atoms with E-state index in [2.05, 4.69) is 0 Å². The highest BCUT2D eigenvalue weighted by molar-refractivity contribution is 7.89. The zero-order valence-electron chi connectivity index (χ0n) is 11.1. The van der Waals surface area contributed by atoms with E-state index in [-0.39, 0.29) is 22.1 Å². The summed E-state index contributed by atoms with van der Waals surface area (Å²) in [5.74, 6) is -1.29. The van der Waals surface area contributed by atoms with Crippen molar-refractivity contribution in [3.05, 3.63) is 64.4 Å². The molecule has 8 heteroatoms. The highest BCUT2D eigenvalue weighted by atomic mass is 35.5. The molecule has 2 rings (SSSR count).